The second-order valence-corrected chi connectivity index (χ2v) is 4.33. The van der Waals surface area contributed by atoms with Crippen molar-refractivity contribution >= 4 is 11.6 Å². The third kappa shape index (κ3) is 1.59. The van der Waals surface area contributed by atoms with Gasteiger partial charge in [0.2, 0.25) is 0 Å². The van der Waals surface area contributed by atoms with Gasteiger partial charge in [0.1, 0.15) is 5.82 Å². The van der Waals surface area contributed by atoms with E-state index in [4.69, 9.17) is 11.6 Å². The number of aromatic nitrogens is 3. The minimum Gasteiger partial charge on any atom is -0.262 e. The molecule has 1 N–H and O–H groups in total. The van der Waals surface area contributed by atoms with Gasteiger partial charge in [0.15, 0.2) is 11.6 Å². The highest BCUT2D eigenvalue weighted by Gasteiger charge is 2.27. The van der Waals surface area contributed by atoms with E-state index in [0.717, 1.165) is 18.7 Å². The van der Waals surface area contributed by atoms with Gasteiger partial charge in [-0.25, -0.2) is 9.37 Å². The summed E-state index contributed by atoms with van der Waals surface area (Å²) >= 11 is 5.70. The van der Waals surface area contributed by atoms with Crippen LogP contribution in [0.2, 0.25) is 5.02 Å². The van der Waals surface area contributed by atoms with E-state index < -0.39 is 5.82 Å². The number of benzene rings is 1. The summed E-state index contributed by atoms with van der Waals surface area (Å²) in [5.74, 6) is 1.23. The number of halogens is 2. The fourth-order valence-electron chi connectivity index (χ4n) is 1.61. The third-order valence-corrected chi connectivity index (χ3v) is 2.95. The minimum atomic E-state index is -0.467. The van der Waals surface area contributed by atoms with Crippen molar-refractivity contribution < 1.29 is 4.39 Å². The molecule has 0 aliphatic heterocycles. The molecule has 2 aromatic rings. The van der Waals surface area contributed by atoms with Crippen molar-refractivity contribution in [1.82, 2.24) is 15.2 Å². The van der Waals surface area contributed by atoms with Gasteiger partial charge in [-0.15, -0.1) is 0 Å². The largest absolute Gasteiger partial charge is 0.262 e. The molecule has 3 rings (SSSR count). The molecule has 5 heteroatoms. The summed E-state index contributed by atoms with van der Waals surface area (Å²) in [4.78, 5) is 4.28. The molecule has 0 unspecified atom stereocenters. The Labute approximate surface area is 96.7 Å². The molecule has 1 aliphatic carbocycles. The highest BCUT2D eigenvalue weighted by Crippen LogP contribution is 2.38. The molecular weight excluding hydrogens is 229 g/mol. The molecule has 0 spiro atoms. The number of hydrogen-bond donors (Lipinski definition) is 1. The molecule has 1 aliphatic rings. The average molecular weight is 238 g/mol. The first-order valence-corrected chi connectivity index (χ1v) is 5.50. The molecule has 82 valence electrons. The van der Waals surface area contributed by atoms with Crippen LogP contribution in [0.5, 0.6) is 0 Å². The van der Waals surface area contributed by atoms with E-state index in [0.29, 0.717) is 17.3 Å². The molecule has 0 radical (unpaired) electrons. The van der Waals surface area contributed by atoms with Crippen LogP contribution >= 0.6 is 11.6 Å². The van der Waals surface area contributed by atoms with Crippen LogP contribution in [0.25, 0.3) is 11.4 Å². The highest BCUT2D eigenvalue weighted by molar-refractivity contribution is 6.31. The number of rotatable bonds is 2. The van der Waals surface area contributed by atoms with Gasteiger partial charge in [-0.1, -0.05) is 17.7 Å². The van der Waals surface area contributed by atoms with E-state index in [1.54, 1.807) is 12.1 Å². The van der Waals surface area contributed by atoms with Crippen LogP contribution in [0.15, 0.2) is 18.2 Å². The van der Waals surface area contributed by atoms with Crippen molar-refractivity contribution in [3.8, 4) is 11.4 Å². The lowest BCUT2D eigenvalue weighted by atomic mass is 10.2. The Kier molecular flexibility index (Phi) is 2.17. The molecule has 0 saturated heterocycles. The first kappa shape index (κ1) is 9.78. The van der Waals surface area contributed by atoms with Crippen molar-refractivity contribution in [1.29, 1.82) is 0 Å². The maximum absolute atomic E-state index is 13.7. The number of nitrogens with zero attached hydrogens (tertiary/aromatic N) is 2. The van der Waals surface area contributed by atoms with E-state index in [1.165, 1.54) is 6.07 Å². The maximum atomic E-state index is 13.7. The van der Waals surface area contributed by atoms with Crippen molar-refractivity contribution in [2.24, 2.45) is 0 Å². The first-order valence-electron chi connectivity index (χ1n) is 5.12. The lowest BCUT2D eigenvalue weighted by Gasteiger charge is -1.98. The predicted octanol–water partition coefficient (Wildman–Crippen LogP) is 3.14. The van der Waals surface area contributed by atoms with E-state index in [2.05, 4.69) is 15.2 Å². The Hall–Kier alpha value is -1.42. The normalized spacial score (nSPS) is 15.4. The number of H-pyrrole nitrogens is 1. The van der Waals surface area contributed by atoms with E-state index in [-0.39, 0.29) is 5.02 Å². The van der Waals surface area contributed by atoms with Crippen LogP contribution in [0.4, 0.5) is 4.39 Å². The monoisotopic (exact) mass is 237 g/mol. The van der Waals surface area contributed by atoms with Crippen LogP contribution < -0.4 is 0 Å². The lowest BCUT2D eigenvalue weighted by Crippen LogP contribution is -1.87. The summed E-state index contributed by atoms with van der Waals surface area (Å²) in [5, 5.41) is 6.95. The Morgan fingerprint density at radius 3 is 2.94 bits per heavy atom. The summed E-state index contributed by atoms with van der Waals surface area (Å²) in [7, 11) is 0. The van der Waals surface area contributed by atoms with Crippen molar-refractivity contribution in [3.63, 3.8) is 0 Å². The van der Waals surface area contributed by atoms with Gasteiger partial charge in [0.25, 0.3) is 0 Å². The SMILES string of the molecule is Fc1c(Cl)cccc1-c1n[nH]c(C2CC2)n1. The summed E-state index contributed by atoms with van der Waals surface area (Å²) in [6, 6.07) is 4.82. The van der Waals surface area contributed by atoms with E-state index in [9.17, 15) is 4.39 Å². The average Bonchev–Trinajstić information content (AvgIpc) is 3.02. The predicted molar refractivity (Wildman–Crippen MR) is 58.8 cm³/mol. The molecule has 1 saturated carbocycles. The van der Waals surface area contributed by atoms with E-state index in [1.807, 2.05) is 0 Å². The topological polar surface area (TPSA) is 41.6 Å². The molecule has 3 nitrogen and oxygen atoms in total. The summed E-state index contributed by atoms with van der Waals surface area (Å²) in [6.45, 7) is 0. The Bertz CT molecular complexity index is 534. The van der Waals surface area contributed by atoms with Gasteiger partial charge in [-0.3, -0.25) is 5.10 Å². The van der Waals surface area contributed by atoms with Crippen LogP contribution in [0, 0.1) is 5.82 Å². The highest BCUT2D eigenvalue weighted by atomic mass is 35.5. The molecule has 16 heavy (non-hydrogen) atoms. The Morgan fingerprint density at radius 1 is 1.38 bits per heavy atom. The zero-order chi connectivity index (χ0) is 11.1. The molecule has 1 fully saturated rings. The van der Waals surface area contributed by atoms with Crippen LogP contribution in [-0.2, 0) is 0 Å². The Morgan fingerprint density at radius 2 is 2.19 bits per heavy atom. The van der Waals surface area contributed by atoms with E-state index >= 15 is 0 Å². The van der Waals surface area contributed by atoms with Gasteiger partial charge in [-0.05, 0) is 25.0 Å². The molecule has 0 atom stereocenters. The zero-order valence-electron chi connectivity index (χ0n) is 8.37. The van der Waals surface area contributed by atoms with Gasteiger partial charge in [-0.2, -0.15) is 5.10 Å². The summed E-state index contributed by atoms with van der Waals surface area (Å²) < 4.78 is 13.7. The third-order valence-electron chi connectivity index (χ3n) is 2.66. The van der Waals surface area contributed by atoms with Crippen LogP contribution in [-0.4, -0.2) is 15.2 Å². The van der Waals surface area contributed by atoms with Gasteiger partial charge >= 0.3 is 0 Å². The summed E-state index contributed by atoms with van der Waals surface area (Å²) in [5.41, 5.74) is 0.343. The molecule has 1 heterocycles. The number of nitrogens with one attached hydrogen (secondary N) is 1. The maximum Gasteiger partial charge on any atom is 0.184 e. The van der Waals surface area contributed by atoms with Gasteiger partial charge < -0.3 is 0 Å². The van der Waals surface area contributed by atoms with Crippen LogP contribution in [0.3, 0.4) is 0 Å². The van der Waals surface area contributed by atoms with Crippen molar-refractivity contribution in [3.05, 3.63) is 34.9 Å². The first-order chi connectivity index (χ1) is 7.75. The number of aromatic amines is 1. The Balaban J connectivity index is 2.03. The molecule has 0 bridgehead atoms. The van der Waals surface area contributed by atoms with Gasteiger partial charge in [0.05, 0.1) is 10.6 Å². The second-order valence-electron chi connectivity index (χ2n) is 3.92. The standard InChI is InChI=1S/C11H9ClFN3/c12-8-3-1-2-7(9(8)13)11-14-10(15-16-11)6-4-5-6/h1-3,6H,4-5H2,(H,14,15,16). The fraction of sp³-hybridized carbons (Fsp3) is 0.273. The lowest BCUT2D eigenvalue weighted by molar-refractivity contribution is 0.630. The molecular formula is C11H9ClFN3. The smallest absolute Gasteiger partial charge is 0.184 e. The molecule has 0 amide bonds. The van der Waals surface area contributed by atoms with Crippen molar-refractivity contribution in [2.75, 3.05) is 0 Å². The number of hydrogen-bond acceptors (Lipinski definition) is 2. The summed E-state index contributed by atoms with van der Waals surface area (Å²) in [6.07, 6.45) is 2.26. The minimum absolute atomic E-state index is 0.0928. The molecule has 1 aromatic carbocycles. The fourth-order valence-corrected chi connectivity index (χ4v) is 1.79. The van der Waals surface area contributed by atoms with Gasteiger partial charge in [0, 0.05) is 5.92 Å². The van der Waals surface area contributed by atoms with Crippen LogP contribution in [0.1, 0.15) is 24.6 Å². The molecule has 1 aromatic heterocycles. The van der Waals surface area contributed by atoms with Crippen molar-refractivity contribution in [2.45, 2.75) is 18.8 Å². The zero-order valence-corrected chi connectivity index (χ0v) is 9.13. The second kappa shape index (κ2) is 3.56. The quantitative estimate of drug-likeness (QED) is 0.872.